The number of nitrogens with two attached hydrogens (primary N) is 1. The van der Waals surface area contributed by atoms with Crippen molar-refractivity contribution < 1.29 is 4.79 Å². The van der Waals surface area contributed by atoms with E-state index >= 15 is 0 Å². The number of hydrogen-bond acceptors (Lipinski definition) is 3. The molecule has 92 valence electrons. The van der Waals surface area contributed by atoms with E-state index in [1.165, 1.54) is 4.90 Å². The zero-order chi connectivity index (χ0) is 13.3. The molecule has 0 radical (unpaired) electrons. The van der Waals surface area contributed by atoms with Crippen molar-refractivity contribution in [3.8, 4) is 12.3 Å². The van der Waals surface area contributed by atoms with Gasteiger partial charge in [0.05, 0.1) is 11.7 Å². The summed E-state index contributed by atoms with van der Waals surface area (Å²) >= 11 is 3.30. The molecular weight excluding hydrogens is 296 g/mol. The zero-order valence-corrected chi connectivity index (χ0v) is 11.3. The smallest absolute Gasteiger partial charge is 0.347 e. The van der Waals surface area contributed by atoms with Gasteiger partial charge in [-0.25, -0.2) is 4.79 Å². The number of nitrogens with zero attached hydrogens (tertiary/aromatic N) is 3. The lowest BCUT2D eigenvalue weighted by molar-refractivity contribution is 0.198. The predicted octanol–water partition coefficient (Wildman–Crippen LogP) is 1.70. The normalized spacial score (nSPS) is 20.5. The zero-order valence-electron chi connectivity index (χ0n) is 9.67. The van der Waals surface area contributed by atoms with E-state index < -0.39 is 18.1 Å². The van der Waals surface area contributed by atoms with Crippen LogP contribution in [0.15, 0.2) is 27.8 Å². The number of aromatic nitrogens is 1. The highest BCUT2D eigenvalue weighted by Gasteiger charge is 2.37. The number of halogens is 1. The van der Waals surface area contributed by atoms with Gasteiger partial charge in [-0.3, -0.25) is 9.88 Å². The Hall–Kier alpha value is -1.87. The van der Waals surface area contributed by atoms with Crippen LogP contribution in [0.4, 0.5) is 4.79 Å². The minimum atomic E-state index is -0.489. The number of terminal acetylenes is 1. The molecule has 1 aliphatic heterocycles. The highest BCUT2D eigenvalue weighted by Crippen LogP contribution is 2.28. The fraction of sp³-hybridized carbons (Fsp3) is 0.250. The largest absolute Gasteiger partial charge is 0.385 e. The molecule has 0 bridgehead atoms. The number of pyridine rings is 1. The number of carbonyl (C=O) groups excluding carboxylic acids is 1. The molecule has 2 heterocycles. The SMILES string of the molecule is C#CC(C)N1C(=O)N=C(N)C1c1ccc(Br)cn1. The highest BCUT2D eigenvalue weighted by molar-refractivity contribution is 9.10. The number of amidine groups is 1. The lowest BCUT2D eigenvalue weighted by atomic mass is 10.1. The number of urea groups is 1. The number of aliphatic imine (C=N–C) groups is 1. The molecule has 0 fully saturated rings. The Balaban J connectivity index is 2.41. The Morgan fingerprint density at radius 2 is 2.33 bits per heavy atom. The molecule has 0 spiro atoms. The van der Waals surface area contributed by atoms with Crippen molar-refractivity contribution in [2.45, 2.75) is 19.0 Å². The number of amides is 2. The first-order valence-corrected chi connectivity index (χ1v) is 6.08. The van der Waals surface area contributed by atoms with Gasteiger partial charge in [0.15, 0.2) is 0 Å². The average molecular weight is 307 g/mol. The third-order valence-corrected chi connectivity index (χ3v) is 3.16. The molecule has 2 atom stereocenters. The summed E-state index contributed by atoms with van der Waals surface area (Å²) < 4.78 is 0.850. The van der Waals surface area contributed by atoms with E-state index in [0.29, 0.717) is 5.69 Å². The molecule has 2 unspecified atom stereocenters. The van der Waals surface area contributed by atoms with E-state index in [9.17, 15) is 4.79 Å². The Morgan fingerprint density at radius 3 is 2.89 bits per heavy atom. The summed E-state index contributed by atoms with van der Waals surface area (Å²) in [4.78, 5) is 21.2. The second-order valence-electron chi connectivity index (χ2n) is 3.87. The molecule has 1 aromatic rings. The second-order valence-corrected chi connectivity index (χ2v) is 4.79. The fourth-order valence-electron chi connectivity index (χ4n) is 1.79. The third kappa shape index (κ3) is 2.09. The van der Waals surface area contributed by atoms with Crippen molar-refractivity contribution in [2.75, 3.05) is 0 Å². The Bertz CT molecular complexity index is 546. The first-order valence-electron chi connectivity index (χ1n) is 5.28. The molecule has 0 aromatic carbocycles. The van der Waals surface area contributed by atoms with Crippen LogP contribution in [0.3, 0.4) is 0 Å². The van der Waals surface area contributed by atoms with Gasteiger partial charge >= 0.3 is 6.03 Å². The predicted molar refractivity (Wildman–Crippen MR) is 71.8 cm³/mol. The van der Waals surface area contributed by atoms with E-state index in [2.05, 4.69) is 31.8 Å². The van der Waals surface area contributed by atoms with Gasteiger partial charge in [-0.1, -0.05) is 5.92 Å². The molecule has 5 nitrogen and oxygen atoms in total. The first-order chi connectivity index (χ1) is 8.54. The van der Waals surface area contributed by atoms with Crippen molar-refractivity contribution in [3.05, 3.63) is 28.5 Å². The summed E-state index contributed by atoms with van der Waals surface area (Å²) in [7, 11) is 0. The second kappa shape index (κ2) is 4.78. The molecule has 1 aliphatic rings. The molecule has 0 saturated heterocycles. The quantitative estimate of drug-likeness (QED) is 0.845. The van der Waals surface area contributed by atoms with Crippen LogP contribution in [-0.2, 0) is 0 Å². The summed E-state index contributed by atoms with van der Waals surface area (Å²) in [5.41, 5.74) is 6.44. The summed E-state index contributed by atoms with van der Waals surface area (Å²) in [5, 5.41) is 0. The lowest BCUT2D eigenvalue weighted by Gasteiger charge is -2.26. The van der Waals surface area contributed by atoms with Crippen LogP contribution in [0.25, 0.3) is 0 Å². The molecule has 18 heavy (non-hydrogen) atoms. The van der Waals surface area contributed by atoms with Gasteiger partial charge in [-0.2, -0.15) is 4.99 Å². The minimum Gasteiger partial charge on any atom is -0.385 e. The standard InChI is InChI=1S/C12H11BrN4O/c1-3-7(2)17-10(11(14)16-12(17)18)9-5-4-8(13)6-15-9/h1,4-7,10H,2H3,(H2,14,16,18). The maximum absolute atomic E-state index is 11.8. The lowest BCUT2D eigenvalue weighted by Crippen LogP contribution is -2.39. The molecular formula is C12H11BrN4O. The molecule has 2 rings (SSSR count). The van der Waals surface area contributed by atoms with Gasteiger partial charge in [-0.05, 0) is 35.0 Å². The molecule has 1 aromatic heterocycles. The van der Waals surface area contributed by atoms with Crippen LogP contribution in [-0.4, -0.2) is 27.8 Å². The molecule has 0 aliphatic carbocycles. The maximum atomic E-state index is 11.8. The monoisotopic (exact) mass is 306 g/mol. The van der Waals surface area contributed by atoms with E-state index in [0.717, 1.165) is 4.47 Å². The van der Waals surface area contributed by atoms with E-state index in [1.807, 2.05) is 6.07 Å². The summed E-state index contributed by atoms with van der Waals surface area (Å²) in [6, 6.07) is 2.31. The Morgan fingerprint density at radius 1 is 1.61 bits per heavy atom. The van der Waals surface area contributed by atoms with Crippen LogP contribution in [0.1, 0.15) is 18.7 Å². The van der Waals surface area contributed by atoms with Crippen molar-refractivity contribution in [1.29, 1.82) is 0 Å². The maximum Gasteiger partial charge on any atom is 0.347 e. The van der Waals surface area contributed by atoms with E-state index in [-0.39, 0.29) is 5.84 Å². The van der Waals surface area contributed by atoms with Gasteiger partial charge in [0.2, 0.25) is 0 Å². The van der Waals surface area contributed by atoms with Crippen LogP contribution in [0.2, 0.25) is 0 Å². The fourth-order valence-corrected chi connectivity index (χ4v) is 2.03. The van der Waals surface area contributed by atoms with E-state index in [1.54, 1.807) is 19.2 Å². The van der Waals surface area contributed by atoms with Crippen molar-refractivity contribution in [1.82, 2.24) is 9.88 Å². The molecule has 2 amide bonds. The number of rotatable bonds is 2. The molecule has 6 heteroatoms. The summed E-state index contributed by atoms with van der Waals surface area (Å²) in [6.07, 6.45) is 7.00. The van der Waals surface area contributed by atoms with Crippen LogP contribution < -0.4 is 5.73 Å². The van der Waals surface area contributed by atoms with Crippen molar-refractivity contribution >= 4 is 27.8 Å². The van der Waals surface area contributed by atoms with Crippen molar-refractivity contribution in [2.24, 2.45) is 10.7 Å². The topological polar surface area (TPSA) is 71.6 Å². The molecule has 0 saturated carbocycles. The van der Waals surface area contributed by atoms with Gasteiger partial charge in [0, 0.05) is 10.7 Å². The molecule has 2 N–H and O–H groups in total. The first kappa shape index (κ1) is 12.6. The third-order valence-electron chi connectivity index (χ3n) is 2.69. The summed E-state index contributed by atoms with van der Waals surface area (Å²) in [6.45, 7) is 1.75. The number of carbonyl (C=O) groups is 1. The van der Waals surface area contributed by atoms with Crippen LogP contribution in [0, 0.1) is 12.3 Å². The minimum absolute atomic E-state index is 0.219. The van der Waals surface area contributed by atoms with Crippen LogP contribution >= 0.6 is 15.9 Å². The van der Waals surface area contributed by atoms with E-state index in [4.69, 9.17) is 12.2 Å². The van der Waals surface area contributed by atoms with Gasteiger partial charge < -0.3 is 5.73 Å². The van der Waals surface area contributed by atoms with Crippen molar-refractivity contribution in [3.63, 3.8) is 0 Å². The average Bonchev–Trinajstić information content (AvgIpc) is 2.64. The Labute approximate surface area is 113 Å². The van der Waals surface area contributed by atoms with Crippen LogP contribution in [0.5, 0.6) is 0 Å². The van der Waals surface area contributed by atoms with Gasteiger partial charge in [0.25, 0.3) is 0 Å². The van der Waals surface area contributed by atoms with Gasteiger partial charge in [-0.15, -0.1) is 6.42 Å². The number of hydrogen-bond donors (Lipinski definition) is 1. The summed E-state index contributed by atoms with van der Waals surface area (Å²) in [5.74, 6) is 2.73. The highest BCUT2D eigenvalue weighted by atomic mass is 79.9. The van der Waals surface area contributed by atoms with Gasteiger partial charge in [0.1, 0.15) is 11.9 Å². The Kier molecular flexibility index (Phi) is 3.34.